The largest absolute Gasteiger partial charge is 0.394 e. The van der Waals surface area contributed by atoms with Gasteiger partial charge in [0, 0.05) is 19.6 Å². The molecule has 0 aliphatic carbocycles. The molecule has 4 nitrogen and oxygen atoms in total. The molecule has 1 aliphatic rings. The van der Waals surface area contributed by atoms with Crippen molar-refractivity contribution in [3.63, 3.8) is 0 Å². The summed E-state index contributed by atoms with van der Waals surface area (Å²) >= 11 is 0. The minimum atomic E-state index is 0.750. The smallest absolute Gasteiger partial charge is 0.150 e. The van der Waals surface area contributed by atoms with Crippen LogP contribution in [-0.4, -0.2) is 22.9 Å². The fourth-order valence-electron chi connectivity index (χ4n) is 2.81. The number of aromatic nitrogens is 2. The van der Waals surface area contributed by atoms with E-state index in [0.29, 0.717) is 0 Å². The molecule has 0 radical (unpaired) electrons. The predicted octanol–water partition coefficient (Wildman–Crippen LogP) is 2.67. The first-order valence-electron chi connectivity index (χ1n) is 7.12. The number of nitrogen functional groups attached to an aromatic ring is 1. The van der Waals surface area contributed by atoms with Crippen LogP contribution in [0.4, 0.5) is 11.5 Å². The van der Waals surface area contributed by atoms with Crippen molar-refractivity contribution >= 4 is 11.5 Å². The Bertz CT molecular complexity index is 408. The minimum absolute atomic E-state index is 0.750. The zero-order chi connectivity index (χ0) is 13.3. The van der Waals surface area contributed by atoms with Gasteiger partial charge in [0.15, 0.2) is 5.82 Å². The molecule has 2 N–H and O–H groups in total. The quantitative estimate of drug-likeness (QED) is 0.893. The average molecular weight is 250 g/mol. The van der Waals surface area contributed by atoms with Crippen LogP contribution in [0.5, 0.6) is 0 Å². The van der Waals surface area contributed by atoms with Crippen molar-refractivity contribution in [1.82, 2.24) is 9.78 Å². The van der Waals surface area contributed by atoms with Crippen LogP contribution in [0.3, 0.4) is 0 Å². The van der Waals surface area contributed by atoms with Gasteiger partial charge in [-0.05, 0) is 31.6 Å². The van der Waals surface area contributed by atoms with Crippen molar-refractivity contribution in [1.29, 1.82) is 0 Å². The average Bonchev–Trinajstić information content (AvgIpc) is 2.87. The summed E-state index contributed by atoms with van der Waals surface area (Å²) in [5.41, 5.74) is 8.04. The van der Waals surface area contributed by atoms with Crippen LogP contribution >= 0.6 is 0 Å². The second-order valence-electron chi connectivity index (χ2n) is 5.78. The van der Waals surface area contributed by atoms with Gasteiger partial charge in [-0.3, -0.25) is 0 Å². The fourth-order valence-corrected chi connectivity index (χ4v) is 2.81. The molecule has 102 valence electrons. The van der Waals surface area contributed by atoms with Crippen molar-refractivity contribution in [2.24, 2.45) is 11.8 Å². The van der Waals surface area contributed by atoms with Crippen LogP contribution in [0.2, 0.25) is 0 Å². The van der Waals surface area contributed by atoms with Crippen LogP contribution in [0, 0.1) is 18.8 Å². The Kier molecular flexibility index (Phi) is 3.83. The van der Waals surface area contributed by atoms with E-state index in [2.05, 4.69) is 35.5 Å². The van der Waals surface area contributed by atoms with Crippen molar-refractivity contribution in [3.8, 4) is 0 Å². The van der Waals surface area contributed by atoms with E-state index >= 15 is 0 Å². The molecule has 0 amide bonds. The highest BCUT2D eigenvalue weighted by Crippen LogP contribution is 2.33. The molecule has 2 heterocycles. The number of rotatable bonds is 4. The van der Waals surface area contributed by atoms with Gasteiger partial charge < -0.3 is 10.6 Å². The third kappa shape index (κ3) is 2.33. The molecular formula is C14H26N4. The number of nitrogens with zero attached hydrogens (tertiary/aromatic N) is 3. The minimum Gasteiger partial charge on any atom is -0.394 e. The molecule has 4 heteroatoms. The lowest BCUT2D eigenvalue weighted by Crippen LogP contribution is -2.25. The molecule has 2 rings (SSSR count). The zero-order valence-corrected chi connectivity index (χ0v) is 12.1. The maximum absolute atomic E-state index is 6.21. The Morgan fingerprint density at radius 1 is 1.44 bits per heavy atom. The summed E-state index contributed by atoms with van der Waals surface area (Å²) in [5.74, 6) is 2.69. The standard InChI is InChI=1S/C14H26N4/c1-5-7-18-14(13(15)11(4)16-18)17-8-6-12(9-17)10(2)3/h10,12H,5-9,15H2,1-4H3. The summed E-state index contributed by atoms with van der Waals surface area (Å²) in [6.07, 6.45) is 2.36. The molecule has 0 spiro atoms. The second-order valence-corrected chi connectivity index (χ2v) is 5.78. The van der Waals surface area contributed by atoms with Crippen molar-refractivity contribution in [2.45, 2.75) is 47.1 Å². The number of aryl methyl sites for hydroxylation is 2. The first-order chi connectivity index (χ1) is 8.54. The SMILES string of the molecule is CCCn1nc(C)c(N)c1N1CCC(C(C)C)C1. The molecule has 18 heavy (non-hydrogen) atoms. The molecular weight excluding hydrogens is 224 g/mol. The lowest BCUT2D eigenvalue weighted by molar-refractivity contribution is 0.422. The van der Waals surface area contributed by atoms with E-state index < -0.39 is 0 Å². The van der Waals surface area contributed by atoms with E-state index in [9.17, 15) is 0 Å². The van der Waals surface area contributed by atoms with Crippen molar-refractivity contribution < 1.29 is 0 Å². The van der Waals surface area contributed by atoms with E-state index in [4.69, 9.17) is 5.73 Å². The Morgan fingerprint density at radius 2 is 2.17 bits per heavy atom. The van der Waals surface area contributed by atoms with E-state index in [-0.39, 0.29) is 0 Å². The van der Waals surface area contributed by atoms with Crippen LogP contribution in [0.15, 0.2) is 0 Å². The summed E-state index contributed by atoms with van der Waals surface area (Å²) in [5, 5.41) is 4.56. The number of hydrogen-bond acceptors (Lipinski definition) is 3. The Labute approximate surface area is 110 Å². The van der Waals surface area contributed by atoms with Gasteiger partial charge >= 0.3 is 0 Å². The van der Waals surface area contributed by atoms with Crippen molar-refractivity contribution in [2.75, 3.05) is 23.7 Å². The first-order valence-corrected chi connectivity index (χ1v) is 7.12. The monoisotopic (exact) mass is 250 g/mol. The molecule has 1 unspecified atom stereocenters. The van der Waals surface area contributed by atoms with Crippen LogP contribution in [0.1, 0.15) is 39.3 Å². The van der Waals surface area contributed by atoms with Gasteiger partial charge in [-0.25, -0.2) is 4.68 Å². The van der Waals surface area contributed by atoms with Gasteiger partial charge in [0.25, 0.3) is 0 Å². The van der Waals surface area contributed by atoms with E-state index in [1.165, 1.54) is 6.42 Å². The van der Waals surface area contributed by atoms with E-state index in [1.807, 2.05) is 6.92 Å². The van der Waals surface area contributed by atoms with Gasteiger partial charge in [0.1, 0.15) is 0 Å². The van der Waals surface area contributed by atoms with Crippen LogP contribution in [0.25, 0.3) is 0 Å². The third-order valence-electron chi connectivity index (χ3n) is 4.05. The third-order valence-corrected chi connectivity index (χ3v) is 4.05. The van der Waals surface area contributed by atoms with Gasteiger partial charge in [0.05, 0.1) is 11.4 Å². The number of hydrogen-bond donors (Lipinski definition) is 1. The molecule has 1 aromatic heterocycles. The topological polar surface area (TPSA) is 47.1 Å². The van der Waals surface area contributed by atoms with E-state index in [1.54, 1.807) is 0 Å². The van der Waals surface area contributed by atoms with Gasteiger partial charge in [-0.2, -0.15) is 5.10 Å². The van der Waals surface area contributed by atoms with E-state index in [0.717, 1.165) is 55.1 Å². The maximum Gasteiger partial charge on any atom is 0.150 e. The highest BCUT2D eigenvalue weighted by molar-refractivity contribution is 5.66. The molecule has 0 bridgehead atoms. The van der Waals surface area contributed by atoms with Crippen LogP contribution in [-0.2, 0) is 6.54 Å². The Morgan fingerprint density at radius 3 is 2.72 bits per heavy atom. The summed E-state index contributed by atoms with van der Waals surface area (Å²) in [6, 6.07) is 0. The van der Waals surface area contributed by atoms with Crippen molar-refractivity contribution in [3.05, 3.63) is 5.69 Å². The van der Waals surface area contributed by atoms with Crippen LogP contribution < -0.4 is 10.6 Å². The summed E-state index contributed by atoms with van der Waals surface area (Å²) < 4.78 is 2.09. The lowest BCUT2D eigenvalue weighted by atomic mass is 9.95. The lowest BCUT2D eigenvalue weighted by Gasteiger charge is -2.21. The summed E-state index contributed by atoms with van der Waals surface area (Å²) in [7, 11) is 0. The fraction of sp³-hybridized carbons (Fsp3) is 0.786. The number of anilines is 2. The zero-order valence-electron chi connectivity index (χ0n) is 12.1. The van der Waals surface area contributed by atoms with Gasteiger partial charge in [-0.1, -0.05) is 20.8 Å². The highest BCUT2D eigenvalue weighted by atomic mass is 15.4. The summed E-state index contributed by atoms with van der Waals surface area (Å²) in [4.78, 5) is 2.43. The normalized spacial score (nSPS) is 20.1. The highest BCUT2D eigenvalue weighted by Gasteiger charge is 2.28. The maximum atomic E-state index is 6.21. The summed E-state index contributed by atoms with van der Waals surface area (Å²) in [6.45, 7) is 12.0. The Balaban J connectivity index is 2.23. The molecule has 1 fully saturated rings. The predicted molar refractivity (Wildman–Crippen MR) is 76.8 cm³/mol. The first kappa shape index (κ1) is 13.2. The molecule has 1 aliphatic heterocycles. The van der Waals surface area contributed by atoms with Gasteiger partial charge in [-0.15, -0.1) is 0 Å². The molecule has 0 aromatic carbocycles. The molecule has 1 saturated heterocycles. The second kappa shape index (κ2) is 5.21. The molecule has 0 saturated carbocycles. The van der Waals surface area contributed by atoms with Gasteiger partial charge in [0.2, 0.25) is 0 Å². The molecule has 1 atom stereocenters. The Hall–Kier alpha value is -1.19. The molecule has 1 aromatic rings. The number of nitrogens with two attached hydrogens (primary N) is 1.